The molecule has 1 atom stereocenters. The lowest BCUT2D eigenvalue weighted by Gasteiger charge is -2.37. The first-order valence-corrected chi connectivity index (χ1v) is 7.10. The van der Waals surface area contributed by atoms with Crippen LogP contribution in [-0.4, -0.2) is 52.0 Å². The number of hydrogen-bond acceptors (Lipinski definition) is 3. The van der Waals surface area contributed by atoms with E-state index in [2.05, 4.69) is 5.10 Å². The summed E-state index contributed by atoms with van der Waals surface area (Å²) in [4.78, 5) is 28.1. The smallest absolute Gasteiger partial charge is 0.248 e. The molecule has 6 nitrogen and oxygen atoms in total. The van der Waals surface area contributed by atoms with Crippen LogP contribution < -0.4 is 0 Å². The van der Waals surface area contributed by atoms with Crippen molar-refractivity contribution in [2.75, 3.05) is 20.6 Å². The van der Waals surface area contributed by atoms with Crippen LogP contribution in [0.2, 0.25) is 0 Å². The molecule has 1 aromatic heterocycles. The third-order valence-corrected chi connectivity index (χ3v) is 4.29. The predicted octanol–water partition coefficient (Wildman–Crippen LogP) is 0.655. The summed E-state index contributed by atoms with van der Waals surface area (Å²) in [5.41, 5.74) is 0.934. The standard InChI is InChI=1S/C14H20N4O2/c1-16(2)14(20)12-9-17(13(19)10-4-3-5-10)8-11-6-7-15-18(11)12/h6-7,10,12H,3-5,8-9H2,1-2H3/t12-/m0/s1. The van der Waals surface area contributed by atoms with E-state index >= 15 is 0 Å². The zero-order chi connectivity index (χ0) is 14.3. The number of hydrogen-bond donors (Lipinski definition) is 0. The van der Waals surface area contributed by atoms with Gasteiger partial charge in [0, 0.05) is 26.2 Å². The van der Waals surface area contributed by atoms with Crippen LogP contribution in [0.15, 0.2) is 12.3 Å². The minimum Gasteiger partial charge on any atom is -0.347 e. The van der Waals surface area contributed by atoms with Crippen molar-refractivity contribution in [3.8, 4) is 0 Å². The summed E-state index contributed by atoms with van der Waals surface area (Å²) in [6.07, 6.45) is 4.81. The molecule has 0 radical (unpaired) electrons. The first kappa shape index (κ1) is 13.1. The lowest BCUT2D eigenvalue weighted by atomic mass is 9.84. The maximum atomic E-state index is 12.4. The molecule has 1 saturated carbocycles. The molecular formula is C14H20N4O2. The number of likely N-dealkylation sites (N-methyl/N-ethyl adjacent to an activating group) is 1. The minimum absolute atomic E-state index is 0.0129. The molecule has 108 valence electrons. The van der Waals surface area contributed by atoms with Crippen LogP contribution >= 0.6 is 0 Å². The van der Waals surface area contributed by atoms with Gasteiger partial charge in [0.05, 0.1) is 18.8 Å². The topological polar surface area (TPSA) is 58.4 Å². The highest BCUT2D eigenvalue weighted by Crippen LogP contribution is 2.31. The molecule has 1 aromatic rings. The second-order valence-corrected chi connectivity index (χ2v) is 5.86. The molecule has 0 saturated heterocycles. The lowest BCUT2D eigenvalue weighted by molar-refractivity contribution is -0.143. The van der Waals surface area contributed by atoms with E-state index in [1.54, 1.807) is 29.9 Å². The first-order valence-electron chi connectivity index (χ1n) is 7.10. The Balaban J connectivity index is 1.84. The van der Waals surface area contributed by atoms with E-state index in [1.807, 2.05) is 11.0 Å². The molecule has 0 spiro atoms. The van der Waals surface area contributed by atoms with E-state index in [0.29, 0.717) is 13.1 Å². The van der Waals surface area contributed by atoms with Gasteiger partial charge in [-0.15, -0.1) is 0 Å². The zero-order valence-electron chi connectivity index (χ0n) is 12.0. The number of carbonyl (C=O) groups excluding carboxylic acids is 2. The van der Waals surface area contributed by atoms with Crippen molar-refractivity contribution in [2.24, 2.45) is 5.92 Å². The van der Waals surface area contributed by atoms with Gasteiger partial charge in [-0.05, 0) is 18.9 Å². The second-order valence-electron chi connectivity index (χ2n) is 5.86. The van der Waals surface area contributed by atoms with Crippen molar-refractivity contribution >= 4 is 11.8 Å². The zero-order valence-corrected chi connectivity index (χ0v) is 12.0. The van der Waals surface area contributed by atoms with E-state index in [0.717, 1.165) is 25.0 Å². The fourth-order valence-electron chi connectivity index (χ4n) is 2.86. The molecular weight excluding hydrogens is 256 g/mol. The van der Waals surface area contributed by atoms with Crippen LogP contribution in [0, 0.1) is 5.92 Å². The van der Waals surface area contributed by atoms with Crippen molar-refractivity contribution in [2.45, 2.75) is 31.8 Å². The minimum atomic E-state index is -0.396. The van der Waals surface area contributed by atoms with Gasteiger partial charge >= 0.3 is 0 Å². The molecule has 0 bridgehead atoms. The quantitative estimate of drug-likeness (QED) is 0.797. The summed E-state index contributed by atoms with van der Waals surface area (Å²) in [5.74, 6) is 0.348. The summed E-state index contributed by atoms with van der Waals surface area (Å²) in [6.45, 7) is 0.994. The van der Waals surface area contributed by atoms with Crippen LogP contribution in [0.1, 0.15) is 31.0 Å². The molecule has 1 aliphatic carbocycles. The fourth-order valence-corrected chi connectivity index (χ4v) is 2.86. The number of amides is 2. The van der Waals surface area contributed by atoms with E-state index in [4.69, 9.17) is 0 Å². The summed E-state index contributed by atoms with van der Waals surface area (Å²) in [6, 6.07) is 1.49. The van der Waals surface area contributed by atoms with Crippen molar-refractivity contribution in [1.29, 1.82) is 0 Å². The normalized spacial score (nSPS) is 22.1. The second kappa shape index (κ2) is 4.92. The maximum Gasteiger partial charge on any atom is 0.248 e. The molecule has 1 fully saturated rings. The van der Waals surface area contributed by atoms with E-state index in [1.165, 1.54) is 0 Å². The Labute approximate surface area is 118 Å². The van der Waals surface area contributed by atoms with E-state index in [-0.39, 0.29) is 17.7 Å². The molecule has 2 heterocycles. The van der Waals surface area contributed by atoms with Crippen LogP contribution in [-0.2, 0) is 16.1 Å². The molecule has 0 aromatic carbocycles. The van der Waals surface area contributed by atoms with Gasteiger partial charge in [-0.3, -0.25) is 14.3 Å². The van der Waals surface area contributed by atoms with Crippen molar-refractivity contribution in [1.82, 2.24) is 19.6 Å². The lowest BCUT2D eigenvalue weighted by Crippen LogP contribution is -2.49. The third-order valence-electron chi connectivity index (χ3n) is 4.29. The Bertz CT molecular complexity index is 533. The van der Waals surface area contributed by atoms with Gasteiger partial charge in [-0.25, -0.2) is 0 Å². The van der Waals surface area contributed by atoms with Crippen molar-refractivity contribution < 1.29 is 9.59 Å². The molecule has 0 unspecified atom stereocenters. The fraction of sp³-hybridized carbons (Fsp3) is 0.643. The van der Waals surface area contributed by atoms with Crippen molar-refractivity contribution in [3.05, 3.63) is 18.0 Å². The number of aromatic nitrogens is 2. The van der Waals surface area contributed by atoms with Gasteiger partial charge in [0.15, 0.2) is 0 Å². The van der Waals surface area contributed by atoms with Crippen LogP contribution in [0.4, 0.5) is 0 Å². The molecule has 0 N–H and O–H groups in total. The highest BCUT2D eigenvalue weighted by molar-refractivity contribution is 5.83. The monoisotopic (exact) mass is 276 g/mol. The first-order chi connectivity index (χ1) is 9.58. The number of carbonyl (C=O) groups is 2. The highest BCUT2D eigenvalue weighted by atomic mass is 16.2. The Hall–Kier alpha value is -1.85. The van der Waals surface area contributed by atoms with Gasteiger partial charge in [0.2, 0.25) is 11.8 Å². The molecule has 3 rings (SSSR count). The van der Waals surface area contributed by atoms with Gasteiger partial charge in [-0.1, -0.05) is 6.42 Å². The van der Waals surface area contributed by atoms with Crippen LogP contribution in [0.3, 0.4) is 0 Å². The van der Waals surface area contributed by atoms with Gasteiger partial charge in [-0.2, -0.15) is 5.10 Å². The number of nitrogens with zero attached hydrogens (tertiary/aromatic N) is 4. The Morgan fingerprint density at radius 2 is 2.10 bits per heavy atom. The van der Waals surface area contributed by atoms with Crippen LogP contribution in [0.25, 0.3) is 0 Å². The van der Waals surface area contributed by atoms with Crippen LogP contribution in [0.5, 0.6) is 0 Å². The van der Waals surface area contributed by atoms with Crippen molar-refractivity contribution in [3.63, 3.8) is 0 Å². The number of rotatable bonds is 2. The average Bonchev–Trinajstić information content (AvgIpc) is 2.82. The van der Waals surface area contributed by atoms with Gasteiger partial charge in [0.1, 0.15) is 6.04 Å². The molecule has 2 amide bonds. The highest BCUT2D eigenvalue weighted by Gasteiger charge is 2.37. The van der Waals surface area contributed by atoms with Gasteiger partial charge < -0.3 is 9.80 Å². The Morgan fingerprint density at radius 1 is 1.35 bits per heavy atom. The maximum absolute atomic E-state index is 12.4. The molecule has 2 aliphatic rings. The molecule has 6 heteroatoms. The SMILES string of the molecule is CN(C)C(=O)[C@@H]1CN(C(=O)C2CCC2)Cc2ccnn21. The average molecular weight is 276 g/mol. The largest absolute Gasteiger partial charge is 0.347 e. The summed E-state index contributed by atoms with van der Waals surface area (Å²) in [7, 11) is 3.47. The van der Waals surface area contributed by atoms with E-state index < -0.39 is 6.04 Å². The molecule has 1 aliphatic heterocycles. The summed E-state index contributed by atoms with van der Waals surface area (Å²) in [5, 5.41) is 4.25. The summed E-state index contributed by atoms with van der Waals surface area (Å²) >= 11 is 0. The predicted molar refractivity (Wildman–Crippen MR) is 72.7 cm³/mol. The van der Waals surface area contributed by atoms with Gasteiger partial charge in [0.25, 0.3) is 0 Å². The Kier molecular flexibility index (Phi) is 3.23. The third kappa shape index (κ3) is 2.09. The summed E-state index contributed by atoms with van der Waals surface area (Å²) < 4.78 is 1.76. The molecule has 20 heavy (non-hydrogen) atoms. The Morgan fingerprint density at radius 3 is 2.70 bits per heavy atom. The number of fused-ring (bicyclic) bond motifs is 1. The van der Waals surface area contributed by atoms with E-state index in [9.17, 15) is 9.59 Å².